The predicted molar refractivity (Wildman–Crippen MR) is 57.8 cm³/mol. The number of nitrogens with zero attached hydrogens (tertiary/aromatic N) is 1. The minimum Gasteiger partial charge on any atom is -0.452 e. The molecule has 94 valence electrons. The molecule has 0 aliphatic heterocycles. The van der Waals surface area contributed by atoms with Crippen molar-refractivity contribution in [2.45, 2.75) is 18.9 Å². The zero-order chi connectivity index (χ0) is 12.3. The number of hydrogen-bond donors (Lipinski definition) is 2. The van der Waals surface area contributed by atoms with Crippen LogP contribution in [0, 0.1) is 5.92 Å². The summed E-state index contributed by atoms with van der Waals surface area (Å²) in [5.74, 6) is 0.272. The molecule has 0 aromatic heterocycles. The molecule has 0 radical (unpaired) electrons. The predicted octanol–water partition coefficient (Wildman–Crippen LogP) is -0.744. The molecular formula is C8H17N3O4S. The highest BCUT2D eigenvalue weighted by Crippen LogP contribution is 2.26. The summed E-state index contributed by atoms with van der Waals surface area (Å²) in [6.45, 7) is 0.361. The number of amides is 1. The molecule has 1 rings (SSSR count). The van der Waals surface area contributed by atoms with Gasteiger partial charge >= 0.3 is 16.3 Å². The van der Waals surface area contributed by atoms with Crippen LogP contribution in [0.2, 0.25) is 0 Å². The van der Waals surface area contributed by atoms with E-state index in [1.807, 2.05) is 0 Å². The largest absolute Gasteiger partial charge is 0.452 e. The van der Waals surface area contributed by atoms with Gasteiger partial charge in [0, 0.05) is 19.6 Å². The van der Waals surface area contributed by atoms with E-state index in [9.17, 15) is 13.2 Å². The highest BCUT2D eigenvalue weighted by Gasteiger charge is 2.30. The number of hydrogen-bond acceptors (Lipinski definition) is 5. The van der Waals surface area contributed by atoms with Gasteiger partial charge in [-0.05, 0) is 18.8 Å². The van der Waals surface area contributed by atoms with E-state index in [1.165, 1.54) is 7.05 Å². The quantitative estimate of drug-likeness (QED) is 0.685. The van der Waals surface area contributed by atoms with Crippen LogP contribution in [-0.2, 0) is 14.9 Å². The Bertz CT molecular complexity index is 350. The van der Waals surface area contributed by atoms with E-state index < -0.39 is 16.3 Å². The van der Waals surface area contributed by atoms with Gasteiger partial charge in [-0.3, -0.25) is 0 Å². The fourth-order valence-corrected chi connectivity index (χ4v) is 2.48. The zero-order valence-corrected chi connectivity index (χ0v) is 10.2. The van der Waals surface area contributed by atoms with Crippen LogP contribution in [-0.4, -0.2) is 45.6 Å². The third-order valence-corrected chi connectivity index (χ3v) is 3.99. The Morgan fingerprint density at radius 3 is 2.56 bits per heavy atom. The minimum absolute atomic E-state index is 0.176. The van der Waals surface area contributed by atoms with E-state index in [1.54, 1.807) is 4.72 Å². The lowest BCUT2D eigenvalue weighted by Crippen LogP contribution is -2.47. The molecule has 0 unspecified atom stereocenters. The topological polar surface area (TPSA) is 102 Å². The number of methoxy groups -OCH3 is 1. The van der Waals surface area contributed by atoms with Crippen LogP contribution in [0.4, 0.5) is 4.79 Å². The third kappa shape index (κ3) is 3.32. The minimum atomic E-state index is -3.79. The molecule has 3 N–H and O–H groups in total. The molecule has 16 heavy (non-hydrogen) atoms. The van der Waals surface area contributed by atoms with Crippen molar-refractivity contribution in [2.24, 2.45) is 11.7 Å². The summed E-state index contributed by atoms with van der Waals surface area (Å²) in [5, 5.41) is 0. The van der Waals surface area contributed by atoms with Crippen molar-refractivity contribution in [1.82, 2.24) is 9.03 Å². The molecule has 1 saturated carbocycles. The molecule has 0 aromatic rings. The van der Waals surface area contributed by atoms with Gasteiger partial charge in [0.25, 0.3) is 0 Å². The number of carbonyl (C=O) groups excluding carboxylic acids is 1. The van der Waals surface area contributed by atoms with E-state index in [0.29, 0.717) is 6.54 Å². The lowest BCUT2D eigenvalue weighted by atomic mass is 9.81. The van der Waals surface area contributed by atoms with Crippen molar-refractivity contribution in [2.75, 3.05) is 20.7 Å². The van der Waals surface area contributed by atoms with E-state index >= 15 is 0 Å². The molecule has 8 heteroatoms. The lowest BCUT2D eigenvalue weighted by molar-refractivity contribution is 0.176. The van der Waals surface area contributed by atoms with Gasteiger partial charge in [0.15, 0.2) is 0 Å². The summed E-state index contributed by atoms with van der Waals surface area (Å²) in [6, 6.07) is 0.176. The molecule has 1 amide bonds. The Hall–Kier alpha value is -0.860. The fraction of sp³-hybridized carbons (Fsp3) is 0.875. The molecular weight excluding hydrogens is 234 g/mol. The Morgan fingerprint density at radius 1 is 1.56 bits per heavy atom. The summed E-state index contributed by atoms with van der Waals surface area (Å²) in [7, 11) is -1.27. The van der Waals surface area contributed by atoms with E-state index in [-0.39, 0.29) is 12.0 Å². The monoisotopic (exact) mass is 251 g/mol. The Balaban J connectivity index is 2.45. The molecule has 0 aromatic carbocycles. The van der Waals surface area contributed by atoms with Gasteiger partial charge in [0.1, 0.15) is 0 Å². The average Bonchev–Trinajstić information content (AvgIpc) is 2.14. The second-order valence-electron chi connectivity index (χ2n) is 3.98. The Morgan fingerprint density at radius 2 is 2.12 bits per heavy atom. The van der Waals surface area contributed by atoms with Crippen molar-refractivity contribution >= 4 is 16.3 Å². The number of rotatable bonds is 4. The van der Waals surface area contributed by atoms with Crippen molar-refractivity contribution in [3.63, 3.8) is 0 Å². The van der Waals surface area contributed by atoms with Gasteiger partial charge in [-0.1, -0.05) is 0 Å². The maximum absolute atomic E-state index is 11.5. The maximum atomic E-state index is 11.5. The van der Waals surface area contributed by atoms with Gasteiger partial charge in [-0.2, -0.15) is 12.7 Å². The molecule has 1 aliphatic rings. The number of ether oxygens (including phenoxy) is 1. The first kappa shape index (κ1) is 13.2. The first-order valence-corrected chi connectivity index (χ1v) is 6.36. The molecule has 1 aliphatic carbocycles. The number of nitrogens with one attached hydrogen (secondary N) is 1. The first-order chi connectivity index (χ1) is 7.35. The number of carbonyl (C=O) groups is 1. The maximum Gasteiger partial charge on any atom is 0.421 e. The van der Waals surface area contributed by atoms with Crippen LogP contribution >= 0.6 is 0 Å². The Labute approximate surface area is 95.1 Å². The summed E-state index contributed by atoms with van der Waals surface area (Å²) in [4.78, 5) is 10.8. The summed E-state index contributed by atoms with van der Waals surface area (Å²) in [5.41, 5.74) is 5.60. The lowest BCUT2D eigenvalue weighted by Gasteiger charge is -2.34. The van der Waals surface area contributed by atoms with Crippen LogP contribution in [0.1, 0.15) is 12.8 Å². The van der Waals surface area contributed by atoms with Crippen molar-refractivity contribution in [3.8, 4) is 0 Å². The molecule has 7 nitrogen and oxygen atoms in total. The van der Waals surface area contributed by atoms with Gasteiger partial charge in [0.2, 0.25) is 0 Å². The molecule has 0 spiro atoms. The third-order valence-electron chi connectivity index (χ3n) is 2.60. The smallest absolute Gasteiger partial charge is 0.421 e. The van der Waals surface area contributed by atoms with E-state index in [0.717, 1.165) is 24.3 Å². The fourth-order valence-electron chi connectivity index (χ4n) is 1.62. The molecule has 0 bridgehead atoms. The normalized spacial score (nSPS) is 25.0. The van der Waals surface area contributed by atoms with Gasteiger partial charge < -0.3 is 10.5 Å². The number of nitrogens with two attached hydrogens (primary N) is 1. The standard InChI is InChI=1S/C8H17N3O4S/c1-11(5-6-3-7(9)4-6)16(13,14)10-8(12)15-2/h6-7H,3-5,9H2,1-2H3,(H,10,12). The van der Waals surface area contributed by atoms with Crippen molar-refractivity contribution in [3.05, 3.63) is 0 Å². The van der Waals surface area contributed by atoms with Gasteiger partial charge in [0.05, 0.1) is 7.11 Å². The summed E-state index contributed by atoms with van der Waals surface area (Å²) >= 11 is 0. The van der Waals surface area contributed by atoms with Gasteiger partial charge in [-0.15, -0.1) is 0 Å². The van der Waals surface area contributed by atoms with Crippen LogP contribution in [0.25, 0.3) is 0 Å². The first-order valence-electron chi connectivity index (χ1n) is 4.92. The van der Waals surface area contributed by atoms with E-state index in [2.05, 4.69) is 4.74 Å². The van der Waals surface area contributed by atoms with Crippen LogP contribution < -0.4 is 10.5 Å². The summed E-state index contributed by atoms with van der Waals surface area (Å²) < 4.78 is 30.2. The summed E-state index contributed by atoms with van der Waals surface area (Å²) in [6.07, 6.45) is 0.646. The second-order valence-corrected chi connectivity index (χ2v) is 5.75. The second kappa shape index (κ2) is 4.98. The SMILES string of the molecule is COC(=O)NS(=O)(=O)N(C)CC1CC(N)C1. The van der Waals surface area contributed by atoms with Crippen molar-refractivity contribution in [1.29, 1.82) is 0 Å². The van der Waals surface area contributed by atoms with Crippen molar-refractivity contribution < 1.29 is 17.9 Å². The molecule has 0 atom stereocenters. The van der Waals surface area contributed by atoms with E-state index in [4.69, 9.17) is 5.73 Å². The van der Waals surface area contributed by atoms with Crippen LogP contribution in [0.3, 0.4) is 0 Å². The average molecular weight is 251 g/mol. The molecule has 0 saturated heterocycles. The van der Waals surface area contributed by atoms with Crippen LogP contribution in [0.15, 0.2) is 0 Å². The van der Waals surface area contributed by atoms with Gasteiger partial charge in [-0.25, -0.2) is 9.52 Å². The highest BCUT2D eigenvalue weighted by molar-refractivity contribution is 7.87. The highest BCUT2D eigenvalue weighted by atomic mass is 32.2. The molecule has 0 heterocycles. The zero-order valence-electron chi connectivity index (χ0n) is 9.34. The molecule has 1 fully saturated rings. The van der Waals surface area contributed by atoms with Crippen LogP contribution in [0.5, 0.6) is 0 Å². The Kier molecular flexibility index (Phi) is 4.11.